The van der Waals surface area contributed by atoms with Gasteiger partial charge in [0.1, 0.15) is 6.10 Å². The van der Waals surface area contributed by atoms with Crippen molar-refractivity contribution in [3.63, 3.8) is 0 Å². The molecule has 3 nitrogen and oxygen atoms in total. The maximum absolute atomic E-state index is 10.7. The standard InChI is InChI=1S/C24H28O3.Na/c1-2-3-5-9-19-14-16-21(17-15-19)24(27)22-12-8-11-20(18-22)10-6-4-7-13-23(25)26;/h5-6,8-12,14-18,24,27H,2-4,7,13H2,1H3,(H,25,26);/q;+1/p-1/b9-5-,10-6-;. The van der Waals surface area contributed by atoms with Crippen LogP contribution in [-0.2, 0) is 4.79 Å². The van der Waals surface area contributed by atoms with E-state index >= 15 is 0 Å². The summed E-state index contributed by atoms with van der Waals surface area (Å²) in [5.74, 6) is -1.01. The van der Waals surface area contributed by atoms with Crippen molar-refractivity contribution in [2.45, 2.75) is 45.1 Å². The fourth-order valence-corrected chi connectivity index (χ4v) is 2.78. The molecule has 0 bridgehead atoms. The minimum atomic E-state index is -1.01. The molecule has 142 valence electrons. The summed E-state index contributed by atoms with van der Waals surface area (Å²) in [7, 11) is 0. The number of carbonyl (C=O) groups excluding carboxylic acids is 1. The van der Waals surface area contributed by atoms with Crippen molar-refractivity contribution in [2.75, 3.05) is 0 Å². The van der Waals surface area contributed by atoms with Gasteiger partial charge in [-0.25, -0.2) is 0 Å². The summed E-state index contributed by atoms with van der Waals surface area (Å²) in [4.78, 5) is 10.4. The first-order chi connectivity index (χ1) is 13.1. The molecule has 0 aromatic heterocycles. The topological polar surface area (TPSA) is 60.4 Å². The SMILES string of the molecule is CCC/C=C\c1ccc(C(O)c2cccc(/C=C\CCCC(=O)[O-])c2)cc1.[Na+]. The number of benzene rings is 2. The molecule has 0 amide bonds. The van der Waals surface area contributed by atoms with Gasteiger partial charge in [0.05, 0.1) is 0 Å². The van der Waals surface area contributed by atoms with Gasteiger partial charge in [0.25, 0.3) is 0 Å². The van der Waals surface area contributed by atoms with Crippen molar-refractivity contribution in [1.82, 2.24) is 0 Å². The minimum absolute atomic E-state index is 0. The molecule has 4 heteroatoms. The third kappa shape index (κ3) is 8.57. The molecule has 1 unspecified atom stereocenters. The Morgan fingerprint density at radius 2 is 1.68 bits per heavy atom. The van der Waals surface area contributed by atoms with E-state index in [1.165, 1.54) is 0 Å². The minimum Gasteiger partial charge on any atom is -0.550 e. The van der Waals surface area contributed by atoms with Crippen LogP contribution < -0.4 is 34.7 Å². The zero-order valence-corrected chi connectivity index (χ0v) is 18.8. The Morgan fingerprint density at radius 3 is 2.36 bits per heavy atom. The molecule has 0 aliphatic heterocycles. The summed E-state index contributed by atoms with van der Waals surface area (Å²) >= 11 is 0. The van der Waals surface area contributed by atoms with Gasteiger partial charge in [-0.2, -0.15) is 0 Å². The number of aliphatic hydroxyl groups is 1. The molecule has 28 heavy (non-hydrogen) atoms. The number of hydrogen-bond donors (Lipinski definition) is 1. The predicted molar refractivity (Wildman–Crippen MR) is 109 cm³/mol. The van der Waals surface area contributed by atoms with E-state index in [-0.39, 0.29) is 36.0 Å². The molecule has 0 radical (unpaired) electrons. The molecule has 0 aliphatic carbocycles. The van der Waals surface area contributed by atoms with E-state index in [4.69, 9.17) is 0 Å². The largest absolute Gasteiger partial charge is 1.00 e. The van der Waals surface area contributed by atoms with Crippen molar-refractivity contribution in [3.8, 4) is 0 Å². The summed E-state index contributed by atoms with van der Waals surface area (Å²) in [5, 5.41) is 21.1. The number of rotatable bonds is 10. The van der Waals surface area contributed by atoms with Crippen LogP contribution in [0.15, 0.2) is 60.7 Å². The second kappa shape index (κ2) is 13.5. The Labute approximate surface area is 190 Å². The Bertz CT molecular complexity index is 779. The number of carboxylic acid groups (broad SMARTS) is 1. The Balaban J connectivity index is 0.00000392. The maximum atomic E-state index is 10.7. The van der Waals surface area contributed by atoms with Crippen molar-refractivity contribution < 1.29 is 44.6 Å². The van der Waals surface area contributed by atoms with Gasteiger partial charge in [0.15, 0.2) is 0 Å². The molecule has 2 rings (SSSR count). The molecule has 1 atom stereocenters. The average Bonchev–Trinajstić information content (AvgIpc) is 2.68. The van der Waals surface area contributed by atoms with Crippen LogP contribution in [0.3, 0.4) is 0 Å². The number of unbranched alkanes of at least 4 members (excludes halogenated alkanes) is 2. The Kier molecular flexibility index (Phi) is 11.8. The van der Waals surface area contributed by atoms with E-state index in [0.29, 0.717) is 12.8 Å². The number of aliphatic hydroxyl groups excluding tert-OH is 1. The van der Waals surface area contributed by atoms with Gasteiger partial charge in [-0.1, -0.05) is 80.1 Å². The molecule has 0 heterocycles. The Hall–Kier alpha value is -1.65. The van der Waals surface area contributed by atoms with Crippen molar-refractivity contribution in [2.24, 2.45) is 0 Å². The van der Waals surface area contributed by atoms with Crippen LogP contribution in [0, 0.1) is 0 Å². The number of hydrogen-bond acceptors (Lipinski definition) is 3. The van der Waals surface area contributed by atoms with E-state index in [9.17, 15) is 15.0 Å². The summed E-state index contributed by atoms with van der Waals surface area (Å²) in [5.41, 5.74) is 3.81. The summed E-state index contributed by atoms with van der Waals surface area (Å²) in [6.45, 7) is 2.15. The fraction of sp³-hybridized carbons (Fsp3) is 0.292. The van der Waals surface area contributed by atoms with Gasteiger partial charge in [-0.05, 0) is 54.0 Å². The van der Waals surface area contributed by atoms with Crippen LogP contribution in [-0.4, -0.2) is 11.1 Å². The number of carboxylic acids is 1. The first-order valence-electron chi connectivity index (χ1n) is 9.51. The zero-order chi connectivity index (χ0) is 19.5. The molecule has 0 saturated carbocycles. The smallest absolute Gasteiger partial charge is 0.550 e. The zero-order valence-electron chi connectivity index (χ0n) is 16.8. The van der Waals surface area contributed by atoms with Gasteiger partial charge >= 0.3 is 29.6 Å². The molecule has 2 aromatic rings. The maximum Gasteiger partial charge on any atom is 1.00 e. The molecule has 0 fully saturated rings. The third-order valence-corrected chi connectivity index (χ3v) is 4.31. The quantitative estimate of drug-likeness (QED) is 0.498. The number of carbonyl (C=O) groups is 1. The first kappa shape index (κ1) is 24.4. The second-order valence-corrected chi connectivity index (χ2v) is 6.60. The van der Waals surface area contributed by atoms with E-state index < -0.39 is 12.1 Å². The molecule has 0 saturated heterocycles. The summed E-state index contributed by atoms with van der Waals surface area (Å²) in [6, 6.07) is 15.7. The van der Waals surface area contributed by atoms with Crippen LogP contribution in [0.4, 0.5) is 0 Å². The van der Waals surface area contributed by atoms with Crippen molar-refractivity contribution >= 4 is 18.1 Å². The molecule has 0 aliphatic rings. The van der Waals surface area contributed by atoms with Crippen molar-refractivity contribution in [3.05, 3.63) is 82.9 Å². The first-order valence-corrected chi connectivity index (χ1v) is 9.51. The van der Waals surface area contributed by atoms with Gasteiger partial charge in [-0.3, -0.25) is 0 Å². The average molecular weight is 386 g/mol. The molecular weight excluding hydrogens is 359 g/mol. The van der Waals surface area contributed by atoms with Crippen LogP contribution in [0.25, 0.3) is 12.2 Å². The van der Waals surface area contributed by atoms with E-state index in [2.05, 4.69) is 19.1 Å². The van der Waals surface area contributed by atoms with Crippen molar-refractivity contribution in [1.29, 1.82) is 0 Å². The monoisotopic (exact) mass is 386 g/mol. The van der Waals surface area contributed by atoms with Crippen LogP contribution in [0.2, 0.25) is 0 Å². The van der Waals surface area contributed by atoms with Gasteiger partial charge in [0, 0.05) is 5.97 Å². The number of aliphatic carboxylic acids is 1. The normalized spacial score (nSPS) is 12.2. The molecule has 2 aromatic carbocycles. The Morgan fingerprint density at radius 1 is 1.00 bits per heavy atom. The van der Waals surface area contributed by atoms with Crippen LogP contribution in [0.1, 0.15) is 67.4 Å². The summed E-state index contributed by atoms with van der Waals surface area (Å²) < 4.78 is 0. The van der Waals surface area contributed by atoms with Gasteiger partial charge < -0.3 is 15.0 Å². The van der Waals surface area contributed by atoms with Gasteiger partial charge in [0.2, 0.25) is 0 Å². The predicted octanol–water partition coefficient (Wildman–Crippen LogP) is 1.52. The molecular formula is C24H27NaO3. The van der Waals surface area contributed by atoms with E-state index in [0.717, 1.165) is 35.1 Å². The van der Waals surface area contributed by atoms with E-state index in [1.807, 2.05) is 60.7 Å². The summed E-state index contributed by atoms with van der Waals surface area (Å²) in [6.07, 6.45) is 11.0. The van der Waals surface area contributed by atoms with E-state index in [1.54, 1.807) is 0 Å². The second-order valence-electron chi connectivity index (χ2n) is 6.60. The fourth-order valence-electron chi connectivity index (χ4n) is 2.78. The van der Waals surface area contributed by atoms with Crippen LogP contribution >= 0.6 is 0 Å². The molecule has 0 spiro atoms. The van der Waals surface area contributed by atoms with Crippen LogP contribution in [0.5, 0.6) is 0 Å². The number of allylic oxidation sites excluding steroid dienone is 2. The van der Waals surface area contributed by atoms with Gasteiger partial charge in [-0.15, -0.1) is 0 Å². The third-order valence-electron chi connectivity index (χ3n) is 4.31. The molecule has 1 N–H and O–H groups in total.